The Morgan fingerprint density at radius 3 is 2.45 bits per heavy atom. The lowest BCUT2D eigenvalue weighted by atomic mass is 9.76. The predicted octanol–water partition coefficient (Wildman–Crippen LogP) is 2.35. The smallest absolute Gasteiger partial charge is 0.220 e. The standard InChI is InChI=1S/C18H28N2O2/c1-4-17(14-11-16(21)12-14)19-18(22)10-7-13-5-8-15(9-6-13)20(2)3/h5-6,8-9,14,16-17,21H,4,7,10-12H2,1-3H3,(H,19,22)/t14?,16?,17-/m1/s1. The summed E-state index contributed by atoms with van der Waals surface area (Å²) in [5, 5.41) is 12.5. The van der Waals surface area contributed by atoms with Gasteiger partial charge in [-0.3, -0.25) is 4.79 Å². The van der Waals surface area contributed by atoms with Gasteiger partial charge >= 0.3 is 0 Å². The molecule has 0 saturated heterocycles. The van der Waals surface area contributed by atoms with Crippen LogP contribution in [0.5, 0.6) is 0 Å². The average molecular weight is 304 g/mol. The second kappa shape index (κ2) is 7.63. The van der Waals surface area contributed by atoms with Gasteiger partial charge in [-0.05, 0) is 49.3 Å². The van der Waals surface area contributed by atoms with Crippen LogP contribution in [0, 0.1) is 5.92 Å². The Morgan fingerprint density at radius 1 is 1.32 bits per heavy atom. The van der Waals surface area contributed by atoms with Crippen LogP contribution in [0.25, 0.3) is 0 Å². The number of aliphatic hydroxyl groups is 1. The first kappa shape index (κ1) is 16.8. The highest BCUT2D eigenvalue weighted by Gasteiger charge is 2.33. The number of amides is 1. The van der Waals surface area contributed by atoms with Crippen molar-refractivity contribution in [2.24, 2.45) is 5.92 Å². The fourth-order valence-corrected chi connectivity index (χ4v) is 3.01. The summed E-state index contributed by atoms with van der Waals surface area (Å²) in [5.41, 5.74) is 2.36. The Kier molecular flexibility index (Phi) is 5.83. The summed E-state index contributed by atoms with van der Waals surface area (Å²) in [6, 6.07) is 8.55. The van der Waals surface area contributed by atoms with Crippen LogP contribution in [-0.4, -0.2) is 37.3 Å². The van der Waals surface area contributed by atoms with Gasteiger partial charge in [-0.1, -0.05) is 19.1 Å². The zero-order valence-corrected chi connectivity index (χ0v) is 13.9. The lowest BCUT2D eigenvalue weighted by Crippen LogP contribution is -2.46. The molecule has 0 aliphatic heterocycles. The molecule has 0 spiro atoms. The van der Waals surface area contributed by atoms with Crippen LogP contribution in [0.4, 0.5) is 5.69 Å². The monoisotopic (exact) mass is 304 g/mol. The lowest BCUT2D eigenvalue weighted by Gasteiger charge is -2.37. The number of nitrogens with zero attached hydrogens (tertiary/aromatic N) is 1. The molecule has 0 aromatic heterocycles. The highest BCUT2D eigenvalue weighted by molar-refractivity contribution is 5.76. The number of carbonyl (C=O) groups is 1. The maximum atomic E-state index is 12.1. The van der Waals surface area contributed by atoms with Gasteiger partial charge in [0.05, 0.1) is 6.10 Å². The quantitative estimate of drug-likeness (QED) is 0.813. The van der Waals surface area contributed by atoms with E-state index in [1.54, 1.807) is 0 Å². The summed E-state index contributed by atoms with van der Waals surface area (Å²) < 4.78 is 0. The van der Waals surface area contributed by atoms with Gasteiger partial charge in [0.25, 0.3) is 0 Å². The summed E-state index contributed by atoms with van der Waals surface area (Å²) in [5.74, 6) is 0.563. The number of nitrogens with one attached hydrogen (secondary N) is 1. The van der Waals surface area contributed by atoms with Crippen LogP contribution < -0.4 is 10.2 Å². The lowest BCUT2D eigenvalue weighted by molar-refractivity contribution is -0.123. The maximum Gasteiger partial charge on any atom is 0.220 e. The van der Waals surface area contributed by atoms with Crippen molar-refractivity contribution in [2.45, 2.75) is 51.2 Å². The molecule has 1 aromatic rings. The van der Waals surface area contributed by atoms with Crippen molar-refractivity contribution in [3.05, 3.63) is 29.8 Å². The van der Waals surface area contributed by atoms with Crippen LogP contribution in [0.1, 0.15) is 38.2 Å². The first-order valence-corrected chi connectivity index (χ1v) is 8.23. The molecule has 0 unspecified atom stereocenters. The molecule has 1 amide bonds. The first-order chi connectivity index (χ1) is 10.5. The van der Waals surface area contributed by atoms with Gasteiger partial charge in [0.15, 0.2) is 0 Å². The summed E-state index contributed by atoms with van der Waals surface area (Å²) in [6.07, 6.45) is 3.71. The third-order valence-electron chi connectivity index (χ3n) is 4.60. The third-order valence-corrected chi connectivity index (χ3v) is 4.60. The van der Waals surface area contributed by atoms with E-state index in [2.05, 4.69) is 41.4 Å². The number of hydrogen-bond acceptors (Lipinski definition) is 3. The summed E-state index contributed by atoms with van der Waals surface area (Å²) in [4.78, 5) is 14.2. The molecule has 4 nitrogen and oxygen atoms in total. The fraction of sp³-hybridized carbons (Fsp3) is 0.611. The van der Waals surface area contributed by atoms with E-state index >= 15 is 0 Å². The number of benzene rings is 1. The largest absolute Gasteiger partial charge is 0.393 e. The molecular formula is C18H28N2O2. The van der Waals surface area contributed by atoms with Gasteiger partial charge in [-0.25, -0.2) is 0 Å². The molecule has 2 N–H and O–H groups in total. The molecular weight excluding hydrogens is 276 g/mol. The molecule has 0 radical (unpaired) electrons. The molecule has 122 valence electrons. The Morgan fingerprint density at radius 2 is 1.95 bits per heavy atom. The summed E-state index contributed by atoms with van der Waals surface area (Å²) in [6.45, 7) is 2.09. The maximum absolute atomic E-state index is 12.1. The van der Waals surface area contributed by atoms with Crippen molar-refractivity contribution in [2.75, 3.05) is 19.0 Å². The summed E-state index contributed by atoms with van der Waals surface area (Å²) in [7, 11) is 4.04. The minimum atomic E-state index is -0.161. The second-order valence-corrected chi connectivity index (χ2v) is 6.53. The van der Waals surface area contributed by atoms with Crippen molar-refractivity contribution in [3.63, 3.8) is 0 Å². The van der Waals surface area contributed by atoms with E-state index in [0.717, 1.165) is 25.7 Å². The van der Waals surface area contributed by atoms with Crippen LogP contribution in [0.15, 0.2) is 24.3 Å². The number of aryl methyl sites for hydroxylation is 1. The molecule has 1 fully saturated rings. The van der Waals surface area contributed by atoms with Crippen LogP contribution in [0.2, 0.25) is 0 Å². The number of carbonyl (C=O) groups excluding carboxylic acids is 1. The zero-order valence-electron chi connectivity index (χ0n) is 13.9. The Balaban J connectivity index is 1.77. The van der Waals surface area contributed by atoms with Crippen LogP contribution in [-0.2, 0) is 11.2 Å². The van der Waals surface area contributed by atoms with E-state index < -0.39 is 0 Å². The SMILES string of the molecule is CC[C@@H](NC(=O)CCc1ccc(N(C)C)cc1)C1CC(O)C1. The third kappa shape index (κ3) is 4.47. The molecule has 2 rings (SSSR count). The second-order valence-electron chi connectivity index (χ2n) is 6.53. The minimum Gasteiger partial charge on any atom is -0.393 e. The van der Waals surface area contributed by atoms with E-state index in [1.807, 2.05) is 14.1 Å². The van der Waals surface area contributed by atoms with E-state index in [-0.39, 0.29) is 18.1 Å². The number of aliphatic hydroxyl groups excluding tert-OH is 1. The first-order valence-electron chi connectivity index (χ1n) is 8.23. The fourth-order valence-electron chi connectivity index (χ4n) is 3.01. The van der Waals surface area contributed by atoms with Gasteiger partial charge < -0.3 is 15.3 Å². The average Bonchev–Trinajstić information content (AvgIpc) is 2.48. The molecule has 22 heavy (non-hydrogen) atoms. The summed E-state index contributed by atoms with van der Waals surface area (Å²) >= 11 is 0. The van der Waals surface area contributed by atoms with Crippen molar-refractivity contribution in [1.29, 1.82) is 0 Å². The van der Waals surface area contributed by atoms with Crippen LogP contribution >= 0.6 is 0 Å². The molecule has 4 heteroatoms. The molecule has 1 aliphatic rings. The highest BCUT2D eigenvalue weighted by Crippen LogP contribution is 2.31. The molecule has 0 bridgehead atoms. The van der Waals surface area contributed by atoms with Gasteiger partial charge in [-0.2, -0.15) is 0 Å². The Labute approximate surface area is 133 Å². The van der Waals surface area contributed by atoms with Crippen molar-refractivity contribution >= 4 is 11.6 Å². The molecule has 1 atom stereocenters. The predicted molar refractivity (Wildman–Crippen MR) is 90.0 cm³/mol. The number of rotatable bonds is 7. The highest BCUT2D eigenvalue weighted by atomic mass is 16.3. The van der Waals surface area contributed by atoms with E-state index in [4.69, 9.17) is 0 Å². The number of anilines is 1. The Hall–Kier alpha value is -1.55. The van der Waals surface area contributed by atoms with Crippen molar-refractivity contribution in [3.8, 4) is 0 Å². The van der Waals surface area contributed by atoms with Gasteiger partial charge in [-0.15, -0.1) is 0 Å². The Bertz CT molecular complexity index is 478. The topological polar surface area (TPSA) is 52.6 Å². The van der Waals surface area contributed by atoms with Crippen molar-refractivity contribution < 1.29 is 9.90 Å². The zero-order chi connectivity index (χ0) is 16.1. The molecule has 0 heterocycles. The van der Waals surface area contributed by atoms with Gasteiger partial charge in [0.2, 0.25) is 5.91 Å². The van der Waals surface area contributed by atoms with E-state index in [9.17, 15) is 9.90 Å². The van der Waals surface area contributed by atoms with Crippen LogP contribution in [0.3, 0.4) is 0 Å². The van der Waals surface area contributed by atoms with Crippen molar-refractivity contribution in [1.82, 2.24) is 5.32 Å². The van der Waals surface area contributed by atoms with Gasteiger partial charge in [0.1, 0.15) is 0 Å². The minimum absolute atomic E-state index is 0.116. The molecule has 1 aliphatic carbocycles. The van der Waals surface area contributed by atoms with Gasteiger partial charge in [0, 0.05) is 32.2 Å². The molecule has 1 aromatic carbocycles. The number of hydrogen-bond donors (Lipinski definition) is 2. The van der Waals surface area contributed by atoms with E-state index in [0.29, 0.717) is 12.3 Å². The molecule has 1 saturated carbocycles. The normalized spacial score (nSPS) is 21.8. The van der Waals surface area contributed by atoms with E-state index in [1.165, 1.54) is 11.3 Å².